The molecule has 0 bridgehead atoms. The monoisotopic (exact) mass is 318 g/mol. The van der Waals surface area contributed by atoms with Gasteiger partial charge in [-0.3, -0.25) is 0 Å². The molecule has 0 unspecified atom stereocenters. The van der Waals surface area contributed by atoms with Crippen molar-refractivity contribution in [1.82, 2.24) is 28.9 Å². The minimum absolute atomic E-state index is 0.352. The number of nitrogens with zero attached hydrogens (tertiary/aromatic N) is 6. The zero-order valence-corrected chi connectivity index (χ0v) is 13.6. The number of hydrogen-bond acceptors (Lipinski definition) is 8. The van der Waals surface area contributed by atoms with E-state index < -0.39 is 0 Å². The van der Waals surface area contributed by atoms with Crippen molar-refractivity contribution in [3.63, 3.8) is 0 Å². The Labute approximate surface area is 132 Å². The van der Waals surface area contributed by atoms with Crippen molar-refractivity contribution >= 4 is 28.3 Å². The lowest BCUT2D eigenvalue weighted by atomic mass is 10.2. The van der Waals surface area contributed by atoms with Crippen LogP contribution in [-0.2, 0) is 0 Å². The molecule has 0 aliphatic rings. The van der Waals surface area contributed by atoms with Gasteiger partial charge in [-0.05, 0) is 6.92 Å². The van der Waals surface area contributed by atoms with E-state index in [0.29, 0.717) is 11.7 Å². The molecule has 3 aromatic heterocycles. The summed E-state index contributed by atoms with van der Waals surface area (Å²) >= 11 is 1.39. The summed E-state index contributed by atoms with van der Waals surface area (Å²) in [4.78, 5) is 12.9. The Morgan fingerprint density at radius 3 is 2.82 bits per heavy atom. The van der Waals surface area contributed by atoms with Gasteiger partial charge in [0.15, 0.2) is 0 Å². The first-order valence-electron chi connectivity index (χ1n) is 7.12. The molecular weight excluding hydrogens is 300 g/mol. The Morgan fingerprint density at radius 2 is 2.05 bits per heavy atom. The molecule has 0 radical (unpaired) electrons. The molecule has 0 saturated carbocycles. The summed E-state index contributed by atoms with van der Waals surface area (Å²) in [7, 11) is 0. The zero-order valence-electron chi connectivity index (χ0n) is 12.7. The van der Waals surface area contributed by atoms with Gasteiger partial charge >= 0.3 is 0 Å². The molecule has 0 spiro atoms. The van der Waals surface area contributed by atoms with Gasteiger partial charge in [-0.2, -0.15) is 19.0 Å². The van der Waals surface area contributed by atoms with Crippen LogP contribution in [0.5, 0.6) is 0 Å². The fraction of sp³-hybridized carbons (Fsp3) is 0.462. The molecule has 22 heavy (non-hydrogen) atoms. The van der Waals surface area contributed by atoms with E-state index in [1.165, 1.54) is 17.9 Å². The molecule has 0 saturated heterocycles. The number of anilines is 2. The van der Waals surface area contributed by atoms with Crippen molar-refractivity contribution in [3.8, 4) is 0 Å². The van der Waals surface area contributed by atoms with Gasteiger partial charge < -0.3 is 10.6 Å². The Kier molecular flexibility index (Phi) is 4.14. The topological polar surface area (TPSA) is 92.9 Å². The molecule has 116 valence electrons. The molecule has 9 heteroatoms. The molecular formula is C13H18N8S. The lowest BCUT2D eigenvalue weighted by Crippen LogP contribution is -2.16. The van der Waals surface area contributed by atoms with Crippen molar-refractivity contribution in [2.75, 3.05) is 23.7 Å². The highest BCUT2D eigenvalue weighted by Crippen LogP contribution is 2.17. The summed E-state index contributed by atoms with van der Waals surface area (Å²) in [5, 5.41) is 11.6. The van der Waals surface area contributed by atoms with Crippen LogP contribution in [0.4, 0.5) is 10.9 Å². The van der Waals surface area contributed by atoms with Crippen LogP contribution < -0.4 is 10.6 Å². The second kappa shape index (κ2) is 6.22. The third kappa shape index (κ3) is 3.14. The predicted octanol–water partition coefficient (Wildman–Crippen LogP) is 1.93. The van der Waals surface area contributed by atoms with Crippen molar-refractivity contribution in [1.29, 1.82) is 0 Å². The summed E-state index contributed by atoms with van der Waals surface area (Å²) in [6.07, 6.45) is 1.50. The first-order valence-corrected chi connectivity index (χ1v) is 7.89. The lowest BCUT2D eigenvalue weighted by molar-refractivity contribution is 0.799. The zero-order chi connectivity index (χ0) is 15.5. The highest BCUT2D eigenvalue weighted by atomic mass is 32.1. The minimum atomic E-state index is 0.352. The number of nitrogens with one attached hydrogen (secondary N) is 2. The highest BCUT2D eigenvalue weighted by Gasteiger charge is 2.07. The lowest BCUT2D eigenvalue weighted by Gasteiger charge is -2.08. The highest BCUT2D eigenvalue weighted by molar-refractivity contribution is 7.09. The third-order valence-corrected chi connectivity index (χ3v) is 3.73. The summed E-state index contributed by atoms with van der Waals surface area (Å²) in [5.74, 6) is 2.71. The van der Waals surface area contributed by atoms with E-state index in [9.17, 15) is 0 Å². The molecule has 3 aromatic rings. The number of hydrogen-bond donors (Lipinski definition) is 2. The minimum Gasteiger partial charge on any atom is -0.368 e. The molecule has 0 aliphatic heterocycles. The molecule has 3 heterocycles. The predicted molar refractivity (Wildman–Crippen MR) is 86.5 cm³/mol. The number of fused-ring (bicyclic) bond motifs is 1. The standard InChI is InChI=1S/C13H18N8S/c1-8(2)11-19-13(22-20-11)15-5-4-14-10-6-9(3)18-12-16-7-17-21(10)12/h6-8,14H,4-5H2,1-3H3,(H,15,19,20). The average Bonchev–Trinajstić information content (AvgIpc) is 3.11. The maximum Gasteiger partial charge on any atom is 0.254 e. The Hall–Kier alpha value is -2.29. The van der Waals surface area contributed by atoms with Crippen LogP contribution in [0.3, 0.4) is 0 Å². The van der Waals surface area contributed by atoms with Gasteiger partial charge in [0.1, 0.15) is 18.0 Å². The fourth-order valence-electron chi connectivity index (χ4n) is 1.96. The molecule has 0 amide bonds. The van der Waals surface area contributed by atoms with E-state index in [1.807, 2.05) is 13.0 Å². The van der Waals surface area contributed by atoms with E-state index in [1.54, 1.807) is 4.52 Å². The second-order valence-electron chi connectivity index (χ2n) is 5.22. The van der Waals surface area contributed by atoms with Crippen molar-refractivity contribution in [3.05, 3.63) is 23.9 Å². The normalized spacial score (nSPS) is 11.3. The third-order valence-electron chi connectivity index (χ3n) is 3.05. The van der Waals surface area contributed by atoms with Crippen molar-refractivity contribution in [2.24, 2.45) is 0 Å². The quantitative estimate of drug-likeness (QED) is 0.671. The van der Waals surface area contributed by atoms with E-state index >= 15 is 0 Å². The first-order chi connectivity index (χ1) is 10.6. The molecule has 3 rings (SSSR count). The van der Waals surface area contributed by atoms with Crippen LogP contribution in [0, 0.1) is 6.92 Å². The Bertz CT molecular complexity index is 762. The average molecular weight is 318 g/mol. The van der Waals surface area contributed by atoms with Gasteiger partial charge in [-0.25, -0.2) is 9.97 Å². The van der Waals surface area contributed by atoms with Gasteiger partial charge in [0.2, 0.25) is 5.13 Å². The summed E-state index contributed by atoms with van der Waals surface area (Å²) in [5.41, 5.74) is 0.904. The van der Waals surface area contributed by atoms with Gasteiger partial charge in [-0.1, -0.05) is 13.8 Å². The summed E-state index contributed by atoms with van der Waals surface area (Å²) in [6, 6.07) is 1.95. The molecule has 8 nitrogen and oxygen atoms in total. The molecule has 0 fully saturated rings. The maximum absolute atomic E-state index is 4.44. The molecule has 0 aliphatic carbocycles. The van der Waals surface area contributed by atoms with Crippen molar-refractivity contribution in [2.45, 2.75) is 26.7 Å². The molecule has 0 aromatic carbocycles. The summed E-state index contributed by atoms with van der Waals surface area (Å²) in [6.45, 7) is 7.58. The van der Waals surface area contributed by atoms with Crippen LogP contribution in [0.1, 0.15) is 31.3 Å². The largest absolute Gasteiger partial charge is 0.368 e. The molecule has 0 atom stereocenters. The van der Waals surface area contributed by atoms with Gasteiger partial charge in [0.05, 0.1) is 0 Å². The van der Waals surface area contributed by atoms with Crippen LogP contribution >= 0.6 is 11.5 Å². The number of aromatic nitrogens is 6. The van der Waals surface area contributed by atoms with Crippen LogP contribution in [0.2, 0.25) is 0 Å². The first kappa shape index (κ1) is 14.6. The van der Waals surface area contributed by atoms with Gasteiger partial charge in [0, 0.05) is 42.3 Å². The van der Waals surface area contributed by atoms with Crippen LogP contribution in [-0.4, -0.2) is 42.0 Å². The Balaban J connectivity index is 1.57. The van der Waals surface area contributed by atoms with E-state index in [-0.39, 0.29) is 0 Å². The van der Waals surface area contributed by atoms with E-state index in [4.69, 9.17) is 0 Å². The van der Waals surface area contributed by atoms with E-state index in [2.05, 4.69) is 48.9 Å². The van der Waals surface area contributed by atoms with E-state index in [0.717, 1.165) is 35.6 Å². The number of aryl methyl sites for hydroxylation is 1. The Morgan fingerprint density at radius 1 is 1.23 bits per heavy atom. The second-order valence-corrected chi connectivity index (χ2v) is 5.97. The maximum atomic E-state index is 4.44. The number of rotatable bonds is 6. The smallest absolute Gasteiger partial charge is 0.254 e. The SMILES string of the molecule is Cc1cc(NCCNc2nc(C(C)C)ns2)n2ncnc2n1. The van der Waals surface area contributed by atoms with Crippen LogP contribution in [0.15, 0.2) is 12.4 Å². The van der Waals surface area contributed by atoms with Crippen LogP contribution in [0.25, 0.3) is 5.78 Å². The van der Waals surface area contributed by atoms with Gasteiger partial charge in [0.25, 0.3) is 5.78 Å². The molecule has 2 N–H and O–H groups in total. The van der Waals surface area contributed by atoms with Gasteiger partial charge in [-0.15, -0.1) is 0 Å². The van der Waals surface area contributed by atoms with Crippen molar-refractivity contribution < 1.29 is 0 Å². The fourth-order valence-corrected chi connectivity index (χ4v) is 2.69. The summed E-state index contributed by atoms with van der Waals surface area (Å²) < 4.78 is 6.00.